The Morgan fingerprint density at radius 3 is 2.38 bits per heavy atom. The van der Waals surface area contributed by atoms with E-state index in [0.717, 1.165) is 10.0 Å². The van der Waals surface area contributed by atoms with Gasteiger partial charge in [0.2, 0.25) is 0 Å². The van der Waals surface area contributed by atoms with Gasteiger partial charge in [0.1, 0.15) is 0 Å². The van der Waals surface area contributed by atoms with E-state index in [-0.39, 0.29) is 17.7 Å². The Balaban J connectivity index is 2.94. The van der Waals surface area contributed by atoms with Crippen molar-refractivity contribution >= 4 is 15.9 Å². The van der Waals surface area contributed by atoms with Crippen LogP contribution in [0.4, 0.5) is 0 Å². The minimum Gasteiger partial charge on any atom is -0.366 e. The number of ether oxygens (including phenoxy) is 1. The van der Waals surface area contributed by atoms with E-state index in [1.54, 1.807) is 0 Å². The normalized spacial score (nSPS) is 15.9. The molecule has 0 spiro atoms. The summed E-state index contributed by atoms with van der Waals surface area (Å²) in [6, 6.07) is 8.07. The first kappa shape index (κ1) is 13.7. The number of halogens is 1. The Kier molecular flexibility index (Phi) is 4.53. The molecule has 3 heteroatoms. The standard InChI is InChI=1S/C13H20BrNO/c1-9(15)12(16-13(2,3)4)10-6-5-7-11(14)8-10/h5-9,12H,15H2,1-4H3. The van der Waals surface area contributed by atoms with E-state index in [4.69, 9.17) is 10.5 Å². The lowest BCUT2D eigenvalue weighted by molar-refractivity contribution is -0.0701. The van der Waals surface area contributed by atoms with Crippen LogP contribution in [0.25, 0.3) is 0 Å². The number of hydrogen-bond acceptors (Lipinski definition) is 2. The molecule has 0 aliphatic carbocycles. The van der Waals surface area contributed by atoms with Crippen molar-refractivity contribution in [2.45, 2.75) is 45.4 Å². The third kappa shape index (κ3) is 4.24. The Bertz CT molecular complexity index is 344. The van der Waals surface area contributed by atoms with E-state index in [2.05, 4.69) is 22.0 Å². The van der Waals surface area contributed by atoms with Crippen LogP contribution in [0.15, 0.2) is 28.7 Å². The zero-order chi connectivity index (χ0) is 12.3. The van der Waals surface area contributed by atoms with E-state index < -0.39 is 0 Å². The maximum Gasteiger partial charge on any atom is 0.0980 e. The first-order valence-electron chi connectivity index (χ1n) is 5.48. The second kappa shape index (κ2) is 5.30. The lowest BCUT2D eigenvalue weighted by Gasteiger charge is -2.30. The summed E-state index contributed by atoms with van der Waals surface area (Å²) in [7, 11) is 0. The molecule has 90 valence electrons. The van der Waals surface area contributed by atoms with Crippen molar-refractivity contribution in [2.75, 3.05) is 0 Å². The first-order chi connectivity index (χ1) is 7.29. The minimum atomic E-state index is -0.194. The maximum atomic E-state index is 5.99. The summed E-state index contributed by atoms with van der Waals surface area (Å²) in [6.07, 6.45) is -0.0718. The van der Waals surface area contributed by atoms with Crippen LogP contribution in [-0.4, -0.2) is 11.6 Å². The van der Waals surface area contributed by atoms with Gasteiger partial charge in [0.05, 0.1) is 11.7 Å². The number of benzene rings is 1. The number of nitrogens with two attached hydrogens (primary N) is 1. The van der Waals surface area contributed by atoms with Gasteiger partial charge in [0.15, 0.2) is 0 Å². The molecule has 2 N–H and O–H groups in total. The van der Waals surface area contributed by atoms with Gasteiger partial charge < -0.3 is 10.5 Å². The monoisotopic (exact) mass is 285 g/mol. The van der Waals surface area contributed by atoms with Crippen molar-refractivity contribution in [3.63, 3.8) is 0 Å². The van der Waals surface area contributed by atoms with Crippen molar-refractivity contribution in [1.29, 1.82) is 0 Å². The molecule has 0 radical (unpaired) electrons. The highest BCUT2D eigenvalue weighted by atomic mass is 79.9. The topological polar surface area (TPSA) is 35.2 Å². The average molecular weight is 286 g/mol. The van der Waals surface area contributed by atoms with Gasteiger partial charge in [-0.3, -0.25) is 0 Å². The molecule has 0 amide bonds. The molecule has 2 atom stereocenters. The van der Waals surface area contributed by atoms with E-state index in [1.807, 2.05) is 45.9 Å². The van der Waals surface area contributed by atoms with Crippen LogP contribution in [0, 0.1) is 0 Å². The molecule has 2 nitrogen and oxygen atoms in total. The van der Waals surface area contributed by atoms with Crippen LogP contribution in [0.3, 0.4) is 0 Å². The summed E-state index contributed by atoms with van der Waals surface area (Å²) in [5.74, 6) is 0. The summed E-state index contributed by atoms with van der Waals surface area (Å²) in [4.78, 5) is 0. The molecule has 0 aliphatic rings. The quantitative estimate of drug-likeness (QED) is 0.920. The zero-order valence-electron chi connectivity index (χ0n) is 10.3. The molecule has 0 heterocycles. The predicted molar refractivity (Wildman–Crippen MR) is 71.4 cm³/mol. The zero-order valence-corrected chi connectivity index (χ0v) is 11.9. The van der Waals surface area contributed by atoms with Gasteiger partial charge in [0, 0.05) is 10.5 Å². The molecule has 2 unspecified atom stereocenters. The Morgan fingerprint density at radius 1 is 1.31 bits per heavy atom. The Labute approximate surface area is 106 Å². The van der Waals surface area contributed by atoms with Crippen LogP contribution in [0.2, 0.25) is 0 Å². The smallest absolute Gasteiger partial charge is 0.0980 e. The molecule has 0 bridgehead atoms. The molecule has 0 saturated heterocycles. The fourth-order valence-corrected chi connectivity index (χ4v) is 1.96. The highest BCUT2D eigenvalue weighted by Gasteiger charge is 2.23. The Hall–Kier alpha value is -0.380. The van der Waals surface area contributed by atoms with Crippen LogP contribution >= 0.6 is 15.9 Å². The van der Waals surface area contributed by atoms with Gasteiger partial charge >= 0.3 is 0 Å². The fourth-order valence-electron chi connectivity index (χ4n) is 1.54. The lowest BCUT2D eigenvalue weighted by Crippen LogP contribution is -2.33. The van der Waals surface area contributed by atoms with Gasteiger partial charge in [-0.05, 0) is 45.4 Å². The van der Waals surface area contributed by atoms with Gasteiger partial charge in [-0.1, -0.05) is 28.1 Å². The lowest BCUT2D eigenvalue weighted by atomic mass is 10.0. The third-order valence-corrected chi connectivity index (χ3v) is 2.63. The number of hydrogen-bond donors (Lipinski definition) is 1. The first-order valence-corrected chi connectivity index (χ1v) is 6.28. The van der Waals surface area contributed by atoms with Crippen molar-refractivity contribution in [3.05, 3.63) is 34.3 Å². The molecule has 0 aliphatic heterocycles. The van der Waals surface area contributed by atoms with Crippen molar-refractivity contribution in [1.82, 2.24) is 0 Å². The molecule has 0 aromatic heterocycles. The molecular formula is C13H20BrNO. The molecule has 0 fully saturated rings. The summed E-state index contributed by atoms with van der Waals surface area (Å²) in [5, 5.41) is 0. The van der Waals surface area contributed by atoms with E-state index in [9.17, 15) is 0 Å². The van der Waals surface area contributed by atoms with Gasteiger partial charge in [-0.2, -0.15) is 0 Å². The average Bonchev–Trinajstić information content (AvgIpc) is 2.12. The summed E-state index contributed by atoms with van der Waals surface area (Å²) in [6.45, 7) is 8.10. The van der Waals surface area contributed by atoms with Crippen LogP contribution in [0.5, 0.6) is 0 Å². The fraction of sp³-hybridized carbons (Fsp3) is 0.538. The summed E-state index contributed by atoms with van der Waals surface area (Å²) >= 11 is 3.46. The van der Waals surface area contributed by atoms with Crippen LogP contribution in [0.1, 0.15) is 39.4 Å². The van der Waals surface area contributed by atoms with Crippen LogP contribution in [-0.2, 0) is 4.74 Å². The molecule has 1 aromatic carbocycles. The molecule has 16 heavy (non-hydrogen) atoms. The maximum absolute atomic E-state index is 5.99. The van der Waals surface area contributed by atoms with E-state index in [1.165, 1.54) is 0 Å². The van der Waals surface area contributed by atoms with E-state index in [0.29, 0.717) is 0 Å². The van der Waals surface area contributed by atoms with Crippen molar-refractivity contribution in [3.8, 4) is 0 Å². The third-order valence-electron chi connectivity index (χ3n) is 2.14. The van der Waals surface area contributed by atoms with Crippen LogP contribution < -0.4 is 5.73 Å². The second-order valence-corrected chi connectivity index (χ2v) is 5.98. The second-order valence-electron chi connectivity index (χ2n) is 5.06. The highest BCUT2D eigenvalue weighted by Crippen LogP contribution is 2.27. The molecule has 1 rings (SSSR count). The van der Waals surface area contributed by atoms with Gasteiger partial charge in [-0.15, -0.1) is 0 Å². The minimum absolute atomic E-state index is 0.0338. The van der Waals surface area contributed by atoms with Gasteiger partial charge in [0.25, 0.3) is 0 Å². The van der Waals surface area contributed by atoms with E-state index >= 15 is 0 Å². The molecular weight excluding hydrogens is 266 g/mol. The summed E-state index contributed by atoms with van der Waals surface area (Å²) in [5.41, 5.74) is 6.90. The largest absolute Gasteiger partial charge is 0.366 e. The highest BCUT2D eigenvalue weighted by molar-refractivity contribution is 9.10. The summed E-state index contributed by atoms with van der Waals surface area (Å²) < 4.78 is 7.04. The predicted octanol–water partition coefficient (Wildman–Crippen LogP) is 3.65. The number of rotatable bonds is 3. The SMILES string of the molecule is CC(N)C(OC(C)(C)C)c1cccc(Br)c1. The molecule has 1 aromatic rings. The van der Waals surface area contributed by atoms with Crippen molar-refractivity contribution < 1.29 is 4.74 Å². The van der Waals surface area contributed by atoms with Gasteiger partial charge in [-0.25, -0.2) is 0 Å². The Morgan fingerprint density at radius 2 is 1.94 bits per heavy atom. The van der Waals surface area contributed by atoms with Crippen molar-refractivity contribution in [2.24, 2.45) is 5.73 Å². The molecule has 0 saturated carbocycles.